The monoisotopic (exact) mass is 273 g/mol. The highest BCUT2D eigenvalue weighted by Crippen LogP contribution is 2.14. The molecule has 0 bridgehead atoms. The van der Waals surface area contributed by atoms with Crippen LogP contribution in [-0.2, 0) is 14.8 Å². The molecule has 0 amide bonds. The fourth-order valence-corrected chi connectivity index (χ4v) is 2.18. The number of ether oxygens (including phenoxy) is 1. The first-order valence-corrected chi connectivity index (χ1v) is 7.01. The van der Waals surface area contributed by atoms with Crippen LogP contribution in [0.2, 0.25) is 0 Å². The molecule has 6 nitrogen and oxygen atoms in total. The second-order valence-corrected chi connectivity index (χ2v) is 5.65. The smallest absolute Gasteiger partial charge is 0.240 e. The van der Waals surface area contributed by atoms with E-state index in [9.17, 15) is 8.42 Å². The molecule has 4 N–H and O–H groups in total. The van der Waals surface area contributed by atoms with E-state index in [1.807, 2.05) is 0 Å². The lowest BCUT2D eigenvalue weighted by Crippen LogP contribution is -2.33. The maximum absolute atomic E-state index is 11.5. The summed E-state index contributed by atoms with van der Waals surface area (Å²) in [5.41, 5.74) is 6.38. The lowest BCUT2D eigenvalue weighted by atomic mass is 10.2. The molecule has 1 unspecified atom stereocenters. The minimum atomic E-state index is -3.39. The topological polar surface area (TPSA) is 93.5 Å². The Morgan fingerprint density at radius 2 is 1.94 bits per heavy atom. The van der Waals surface area contributed by atoms with Gasteiger partial charge in [-0.1, -0.05) is 0 Å². The Morgan fingerprint density at radius 1 is 1.33 bits per heavy atom. The number of nitrogens with one attached hydrogen (secondary N) is 2. The van der Waals surface area contributed by atoms with Gasteiger partial charge >= 0.3 is 0 Å². The molecule has 1 rings (SSSR count). The van der Waals surface area contributed by atoms with Gasteiger partial charge in [-0.3, -0.25) is 0 Å². The van der Waals surface area contributed by atoms with Gasteiger partial charge in [-0.15, -0.1) is 0 Å². The SMILES string of the molecule is CNS(=O)(=O)c1ccc(NC(CN)COC)cc1. The van der Waals surface area contributed by atoms with Crippen molar-refractivity contribution >= 4 is 15.7 Å². The molecule has 0 spiro atoms. The van der Waals surface area contributed by atoms with Gasteiger partial charge in [-0.2, -0.15) is 0 Å². The van der Waals surface area contributed by atoms with E-state index in [-0.39, 0.29) is 10.9 Å². The van der Waals surface area contributed by atoms with E-state index in [2.05, 4.69) is 10.0 Å². The second kappa shape index (κ2) is 6.69. The van der Waals surface area contributed by atoms with Crippen LogP contribution in [0.25, 0.3) is 0 Å². The molecule has 0 aliphatic heterocycles. The van der Waals surface area contributed by atoms with Crippen molar-refractivity contribution in [1.82, 2.24) is 4.72 Å². The third-order valence-corrected chi connectivity index (χ3v) is 3.89. The van der Waals surface area contributed by atoms with E-state index >= 15 is 0 Å². The minimum Gasteiger partial charge on any atom is -0.383 e. The summed E-state index contributed by atoms with van der Waals surface area (Å²) < 4.78 is 30.3. The lowest BCUT2D eigenvalue weighted by molar-refractivity contribution is 0.187. The summed E-state index contributed by atoms with van der Waals surface area (Å²) in [5, 5.41) is 3.16. The predicted octanol–water partition coefficient (Wildman–Crippen LogP) is -0.0197. The van der Waals surface area contributed by atoms with Crippen molar-refractivity contribution in [3.8, 4) is 0 Å². The zero-order chi connectivity index (χ0) is 13.6. The number of nitrogens with two attached hydrogens (primary N) is 1. The van der Waals surface area contributed by atoms with Crippen molar-refractivity contribution in [2.24, 2.45) is 5.73 Å². The van der Waals surface area contributed by atoms with Crippen LogP contribution in [0.4, 0.5) is 5.69 Å². The normalized spacial score (nSPS) is 13.3. The number of methoxy groups -OCH3 is 1. The molecule has 1 aromatic rings. The first-order valence-electron chi connectivity index (χ1n) is 5.52. The molecule has 102 valence electrons. The highest BCUT2D eigenvalue weighted by Gasteiger charge is 2.11. The summed E-state index contributed by atoms with van der Waals surface area (Å²) in [4.78, 5) is 0.228. The van der Waals surface area contributed by atoms with Crippen LogP contribution >= 0.6 is 0 Å². The number of benzene rings is 1. The number of hydrogen-bond acceptors (Lipinski definition) is 5. The van der Waals surface area contributed by atoms with E-state index < -0.39 is 10.0 Å². The maximum Gasteiger partial charge on any atom is 0.240 e. The zero-order valence-corrected chi connectivity index (χ0v) is 11.3. The molecule has 0 heterocycles. The number of hydrogen-bond donors (Lipinski definition) is 3. The number of anilines is 1. The van der Waals surface area contributed by atoms with Gasteiger partial charge in [0.1, 0.15) is 0 Å². The average Bonchev–Trinajstić information content (AvgIpc) is 2.39. The summed E-state index contributed by atoms with van der Waals surface area (Å²) in [6.07, 6.45) is 0. The summed E-state index contributed by atoms with van der Waals surface area (Å²) in [7, 11) is -0.403. The van der Waals surface area contributed by atoms with Crippen molar-refractivity contribution in [2.75, 3.05) is 32.6 Å². The van der Waals surface area contributed by atoms with Gasteiger partial charge in [0.2, 0.25) is 10.0 Å². The molecule has 1 aromatic carbocycles. The van der Waals surface area contributed by atoms with Crippen molar-refractivity contribution in [3.05, 3.63) is 24.3 Å². The second-order valence-electron chi connectivity index (χ2n) is 3.76. The van der Waals surface area contributed by atoms with Gasteiger partial charge in [-0.05, 0) is 31.3 Å². The summed E-state index contributed by atoms with van der Waals surface area (Å²) in [6.45, 7) is 0.928. The molecule has 0 saturated heterocycles. The Labute approximate surface area is 108 Å². The third kappa shape index (κ3) is 3.95. The van der Waals surface area contributed by atoms with Crippen LogP contribution in [0, 0.1) is 0 Å². The van der Waals surface area contributed by atoms with Gasteiger partial charge in [0, 0.05) is 19.3 Å². The first-order chi connectivity index (χ1) is 8.53. The van der Waals surface area contributed by atoms with Crippen LogP contribution in [-0.4, -0.2) is 41.8 Å². The maximum atomic E-state index is 11.5. The first kappa shape index (κ1) is 14.9. The van der Waals surface area contributed by atoms with Crippen molar-refractivity contribution < 1.29 is 13.2 Å². The quantitative estimate of drug-likeness (QED) is 0.649. The van der Waals surface area contributed by atoms with Crippen molar-refractivity contribution in [3.63, 3.8) is 0 Å². The molecule has 7 heteroatoms. The summed E-state index contributed by atoms with van der Waals surface area (Å²) >= 11 is 0. The van der Waals surface area contributed by atoms with E-state index in [4.69, 9.17) is 10.5 Å². The molecular formula is C11H19N3O3S. The standard InChI is InChI=1S/C11H19N3O3S/c1-13-18(15,16)11-5-3-9(4-6-11)14-10(7-12)8-17-2/h3-6,10,13-14H,7-8,12H2,1-2H3. The largest absolute Gasteiger partial charge is 0.383 e. The highest BCUT2D eigenvalue weighted by molar-refractivity contribution is 7.89. The van der Waals surface area contributed by atoms with Gasteiger partial charge in [-0.25, -0.2) is 13.1 Å². The molecule has 0 aliphatic carbocycles. The molecule has 18 heavy (non-hydrogen) atoms. The Kier molecular flexibility index (Phi) is 5.54. The zero-order valence-electron chi connectivity index (χ0n) is 10.5. The van der Waals surface area contributed by atoms with Crippen LogP contribution in [0.5, 0.6) is 0 Å². The van der Waals surface area contributed by atoms with E-state index in [0.717, 1.165) is 5.69 Å². The third-order valence-electron chi connectivity index (χ3n) is 2.46. The molecule has 0 fully saturated rings. The Morgan fingerprint density at radius 3 is 2.39 bits per heavy atom. The van der Waals surface area contributed by atoms with E-state index in [1.165, 1.54) is 19.2 Å². The highest BCUT2D eigenvalue weighted by atomic mass is 32.2. The number of rotatable bonds is 7. The predicted molar refractivity (Wildman–Crippen MR) is 71.0 cm³/mol. The Hall–Kier alpha value is -1.15. The summed E-state index contributed by atoms with van der Waals surface area (Å²) in [5.74, 6) is 0. The van der Waals surface area contributed by atoms with E-state index in [1.54, 1.807) is 19.2 Å². The van der Waals surface area contributed by atoms with Gasteiger partial charge in [0.25, 0.3) is 0 Å². The van der Waals surface area contributed by atoms with Crippen LogP contribution < -0.4 is 15.8 Å². The Bertz CT molecular complexity index is 459. The lowest BCUT2D eigenvalue weighted by Gasteiger charge is -2.17. The van der Waals surface area contributed by atoms with E-state index in [0.29, 0.717) is 13.2 Å². The molecule has 0 aromatic heterocycles. The molecule has 0 radical (unpaired) electrons. The van der Waals surface area contributed by atoms with Crippen LogP contribution in [0.1, 0.15) is 0 Å². The molecular weight excluding hydrogens is 254 g/mol. The van der Waals surface area contributed by atoms with Gasteiger partial charge in [0.05, 0.1) is 17.5 Å². The van der Waals surface area contributed by atoms with Crippen LogP contribution in [0.15, 0.2) is 29.2 Å². The summed E-state index contributed by atoms with van der Waals surface area (Å²) in [6, 6.07) is 6.47. The molecule has 0 saturated carbocycles. The fraction of sp³-hybridized carbons (Fsp3) is 0.455. The molecule has 0 aliphatic rings. The van der Waals surface area contributed by atoms with Gasteiger partial charge in [0.15, 0.2) is 0 Å². The number of sulfonamides is 1. The minimum absolute atomic E-state index is 0.00163. The van der Waals surface area contributed by atoms with Crippen molar-refractivity contribution in [2.45, 2.75) is 10.9 Å². The van der Waals surface area contributed by atoms with Crippen LogP contribution in [0.3, 0.4) is 0 Å². The average molecular weight is 273 g/mol. The van der Waals surface area contributed by atoms with Crippen molar-refractivity contribution in [1.29, 1.82) is 0 Å². The fourth-order valence-electron chi connectivity index (χ4n) is 1.45. The van der Waals surface area contributed by atoms with Gasteiger partial charge < -0.3 is 15.8 Å². The Balaban J connectivity index is 2.77. The molecule has 1 atom stereocenters.